The maximum Gasteiger partial charge on any atom is 0.311 e. The molecular formula is C9H14N4O4S. The van der Waals surface area contributed by atoms with Crippen molar-refractivity contribution in [2.24, 2.45) is 5.14 Å². The van der Waals surface area contributed by atoms with E-state index in [2.05, 4.69) is 10.3 Å². The van der Waals surface area contributed by atoms with Gasteiger partial charge in [0.25, 0.3) is 0 Å². The van der Waals surface area contributed by atoms with E-state index >= 15 is 0 Å². The number of primary sulfonamides is 1. The number of rotatable bonds is 6. The lowest BCUT2D eigenvalue weighted by Crippen LogP contribution is -2.19. The van der Waals surface area contributed by atoms with Gasteiger partial charge in [-0.1, -0.05) is 0 Å². The van der Waals surface area contributed by atoms with Crippen LogP contribution in [0.4, 0.5) is 11.5 Å². The summed E-state index contributed by atoms with van der Waals surface area (Å²) in [6.45, 7) is 1.95. The summed E-state index contributed by atoms with van der Waals surface area (Å²) in [6.07, 6.45) is 0.256. The van der Waals surface area contributed by atoms with Gasteiger partial charge in [0.15, 0.2) is 0 Å². The highest BCUT2D eigenvalue weighted by Gasteiger charge is 2.14. The summed E-state index contributed by atoms with van der Waals surface area (Å²) in [7, 11) is -3.51. The predicted molar refractivity (Wildman–Crippen MR) is 66.7 cm³/mol. The molecule has 9 heteroatoms. The lowest BCUT2D eigenvalue weighted by molar-refractivity contribution is -0.384. The molecule has 18 heavy (non-hydrogen) atoms. The van der Waals surface area contributed by atoms with Gasteiger partial charge >= 0.3 is 5.69 Å². The zero-order valence-electron chi connectivity index (χ0n) is 9.79. The van der Waals surface area contributed by atoms with Crippen LogP contribution in [-0.4, -0.2) is 30.6 Å². The number of nitrogens with two attached hydrogens (primary N) is 1. The van der Waals surface area contributed by atoms with Gasteiger partial charge in [0.2, 0.25) is 15.8 Å². The average Bonchev–Trinajstić information content (AvgIpc) is 2.22. The lowest BCUT2D eigenvalue weighted by atomic mass is 10.3. The molecule has 0 bridgehead atoms. The van der Waals surface area contributed by atoms with E-state index < -0.39 is 14.9 Å². The summed E-state index contributed by atoms with van der Waals surface area (Å²) in [5.74, 6) is -0.0472. The van der Waals surface area contributed by atoms with Gasteiger partial charge < -0.3 is 5.32 Å². The maximum absolute atomic E-state index is 10.7. The molecule has 1 aromatic rings. The van der Waals surface area contributed by atoms with Crippen molar-refractivity contribution >= 4 is 21.5 Å². The second-order valence-corrected chi connectivity index (χ2v) is 5.46. The van der Waals surface area contributed by atoms with Crippen LogP contribution in [0.15, 0.2) is 12.1 Å². The molecular weight excluding hydrogens is 260 g/mol. The number of sulfonamides is 1. The molecule has 0 unspecified atom stereocenters. The zero-order chi connectivity index (χ0) is 13.8. The van der Waals surface area contributed by atoms with E-state index in [0.717, 1.165) is 0 Å². The lowest BCUT2D eigenvalue weighted by Gasteiger charge is -2.06. The van der Waals surface area contributed by atoms with Crippen molar-refractivity contribution in [2.75, 3.05) is 17.6 Å². The number of nitro groups is 1. The first kappa shape index (κ1) is 14.3. The van der Waals surface area contributed by atoms with Crippen molar-refractivity contribution in [1.82, 2.24) is 4.98 Å². The molecule has 1 aromatic heterocycles. The molecule has 0 aliphatic heterocycles. The van der Waals surface area contributed by atoms with Crippen molar-refractivity contribution in [3.05, 3.63) is 27.9 Å². The van der Waals surface area contributed by atoms with Crippen molar-refractivity contribution in [3.8, 4) is 0 Å². The van der Waals surface area contributed by atoms with Gasteiger partial charge in [0.1, 0.15) is 0 Å². The third kappa shape index (κ3) is 4.63. The highest BCUT2D eigenvalue weighted by atomic mass is 32.2. The van der Waals surface area contributed by atoms with Gasteiger partial charge in [-0.15, -0.1) is 0 Å². The van der Waals surface area contributed by atoms with E-state index in [1.165, 1.54) is 12.1 Å². The summed E-state index contributed by atoms with van der Waals surface area (Å²) < 4.78 is 21.4. The van der Waals surface area contributed by atoms with E-state index in [4.69, 9.17) is 5.14 Å². The number of aryl methyl sites for hydroxylation is 1. The Morgan fingerprint density at radius 3 is 2.72 bits per heavy atom. The van der Waals surface area contributed by atoms with E-state index in [1.54, 1.807) is 6.92 Å². The topological polar surface area (TPSA) is 128 Å². The number of hydrogen-bond acceptors (Lipinski definition) is 6. The molecule has 0 radical (unpaired) electrons. The molecule has 8 nitrogen and oxygen atoms in total. The molecule has 0 saturated heterocycles. The zero-order valence-corrected chi connectivity index (χ0v) is 10.6. The molecule has 0 aromatic carbocycles. The molecule has 0 saturated carbocycles. The van der Waals surface area contributed by atoms with Crippen LogP contribution in [0.2, 0.25) is 0 Å². The van der Waals surface area contributed by atoms with Crippen molar-refractivity contribution in [1.29, 1.82) is 0 Å². The fourth-order valence-corrected chi connectivity index (χ4v) is 1.85. The molecule has 3 N–H and O–H groups in total. The number of nitrogens with zero attached hydrogens (tertiary/aromatic N) is 2. The number of aromatic nitrogens is 1. The summed E-state index contributed by atoms with van der Waals surface area (Å²) in [5.41, 5.74) is 0.491. The minimum Gasteiger partial charge on any atom is -0.364 e. The fraction of sp³-hybridized carbons (Fsp3) is 0.444. The molecule has 0 amide bonds. The highest BCUT2D eigenvalue weighted by Crippen LogP contribution is 2.21. The van der Waals surface area contributed by atoms with Crippen molar-refractivity contribution < 1.29 is 13.3 Å². The Hall–Kier alpha value is -1.74. The van der Waals surface area contributed by atoms with Gasteiger partial charge in [0, 0.05) is 18.3 Å². The predicted octanol–water partition coefficient (Wildman–Crippen LogP) is 0.389. The van der Waals surface area contributed by atoms with Crippen LogP contribution < -0.4 is 10.5 Å². The fourth-order valence-electron chi connectivity index (χ4n) is 1.31. The molecule has 0 fully saturated rings. The first-order valence-corrected chi connectivity index (χ1v) is 6.87. The highest BCUT2D eigenvalue weighted by molar-refractivity contribution is 7.89. The number of pyridine rings is 1. The van der Waals surface area contributed by atoms with Gasteiger partial charge in [-0.05, 0) is 19.4 Å². The van der Waals surface area contributed by atoms with E-state index in [0.29, 0.717) is 5.69 Å². The first-order chi connectivity index (χ1) is 8.29. The Bertz CT molecular complexity index is 543. The second kappa shape index (κ2) is 5.74. The standard InChI is InChI=1S/C9H14N4O4S/c1-7-3-4-8(13(14)15)9(12-7)11-5-2-6-18(10,16)17/h3-4H,2,5-6H2,1H3,(H,11,12)(H2,10,16,17). The van der Waals surface area contributed by atoms with Crippen LogP contribution in [0.25, 0.3) is 0 Å². The van der Waals surface area contributed by atoms with Crippen LogP contribution >= 0.6 is 0 Å². The Morgan fingerprint density at radius 1 is 1.50 bits per heavy atom. The summed E-state index contributed by atoms with van der Waals surface area (Å²) >= 11 is 0. The number of anilines is 1. The Labute approximate surface area is 104 Å². The van der Waals surface area contributed by atoms with Crippen LogP contribution in [0.1, 0.15) is 12.1 Å². The Balaban J connectivity index is 2.66. The number of hydrogen-bond donors (Lipinski definition) is 2. The van der Waals surface area contributed by atoms with Crippen molar-refractivity contribution in [3.63, 3.8) is 0 Å². The average molecular weight is 274 g/mol. The smallest absolute Gasteiger partial charge is 0.311 e. The minimum atomic E-state index is -3.51. The van der Waals surface area contributed by atoms with Crippen LogP contribution in [-0.2, 0) is 10.0 Å². The number of nitrogens with one attached hydrogen (secondary N) is 1. The van der Waals surface area contributed by atoms with Crippen LogP contribution in [0.3, 0.4) is 0 Å². The monoisotopic (exact) mass is 274 g/mol. The summed E-state index contributed by atoms with van der Waals surface area (Å²) in [4.78, 5) is 14.2. The van der Waals surface area contributed by atoms with Crippen molar-refractivity contribution in [2.45, 2.75) is 13.3 Å². The van der Waals surface area contributed by atoms with Gasteiger partial charge in [-0.2, -0.15) is 0 Å². The SMILES string of the molecule is Cc1ccc([N+](=O)[O-])c(NCCCS(N)(=O)=O)n1. The van der Waals surface area contributed by atoms with E-state index in [9.17, 15) is 18.5 Å². The molecule has 100 valence electrons. The molecule has 0 aliphatic rings. The summed E-state index contributed by atoms with van der Waals surface area (Å²) in [6, 6.07) is 2.89. The normalized spacial score (nSPS) is 11.2. The second-order valence-electron chi connectivity index (χ2n) is 3.72. The quantitative estimate of drug-likeness (QED) is 0.438. The van der Waals surface area contributed by atoms with Crippen LogP contribution in [0.5, 0.6) is 0 Å². The van der Waals surface area contributed by atoms with E-state index in [-0.39, 0.29) is 30.2 Å². The first-order valence-electron chi connectivity index (χ1n) is 5.16. The largest absolute Gasteiger partial charge is 0.364 e. The molecule has 1 heterocycles. The van der Waals surface area contributed by atoms with E-state index in [1.807, 2.05) is 0 Å². The van der Waals surface area contributed by atoms with Crippen LogP contribution in [0, 0.1) is 17.0 Å². The molecule has 0 spiro atoms. The molecule has 0 atom stereocenters. The molecule has 0 aliphatic carbocycles. The van der Waals surface area contributed by atoms with Gasteiger partial charge in [-0.3, -0.25) is 10.1 Å². The third-order valence-corrected chi connectivity index (χ3v) is 2.97. The summed E-state index contributed by atoms with van der Waals surface area (Å²) in [5, 5.41) is 18.3. The Morgan fingerprint density at radius 2 is 2.17 bits per heavy atom. The van der Waals surface area contributed by atoms with Gasteiger partial charge in [0.05, 0.1) is 10.7 Å². The molecule has 1 rings (SSSR count). The third-order valence-electron chi connectivity index (χ3n) is 2.11. The Kier molecular flexibility index (Phi) is 4.56. The van der Waals surface area contributed by atoms with Gasteiger partial charge in [-0.25, -0.2) is 18.5 Å². The minimum absolute atomic E-state index is 0.134. The maximum atomic E-state index is 10.7.